The summed E-state index contributed by atoms with van der Waals surface area (Å²) in [5, 5.41) is 7.06. The highest BCUT2D eigenvalue weighted by molar-refractivity contribution is 5.83. The number of benzene rings is 1. The predicted octanol–water partition coefficient (Wildman–Crippen LogP) is 3.56. The Morgan fingerprint density at radius 2 is 2.04 bits per heavy atom. The van der Waals surface area contributed by atoms with E-state index in [0.29, 0.717) is 6.54 Å². The third kappa shape index (κ3) is 3.93. The summed E-state index contributed by atoms with van der Waals surface area (Å²) in [6, 6.07) is 13.7. The van der Waals surface area contributed by atoms with Crippen LogP contribution in [0.5, 0.6) is 0 Å². The minimum Gasteiger partial charge on any atom is -0.361 e. The van der Waals surface area contributed by atoms with Crippen molar-refractivity contribution in [2.45, 2.75) is 25.8 Å². The SMILES string of the molecule is C[C@H](NC(=O)NCCCc1c[nH]c2ccccc12)c1ccccn1. The van der Waals surface area contributed by atoms with Crippen LogP contribution in [0.3, 0.4) is 0 Å². The van der Waals surface area contributed by atoms with Gasteiger partial charge in [-0.05, 0) is 43.5 Å². The summed E-state index contributed by atoms with van der Waals surface area (Å²) >= 11 is 0. The molecule has 3 aromatic rings. The number of para-hydroxylation sites is 1. The molecule has 5 nitrogen and oxygen atoms in total. The number of rotatable bonds is 6. The molecule has 0 unspecified atom stereocenters. The van der Waals surface area contributed by atoms with Crippen LogP contribution in [0, 0.1) is 0 Å². The monoisotopic (exact) mass is 322 g/mol. The molecule has 0 spiro atoms. The van der Waals surface area contributed by atoms with E-state index in [9.17, 15) is 4.79 Å². The van der Waals surface area contributed by atoms with Gasteiger partial charge in [-0.15, -0.1) is 0 Å². The number of nitrogens with one attached hydrogen (secondary N) is 3. The molecule has 2 amide bonds. The fourth-order valence-corrected chi connectivity index (χ4v) is 2.77. The molecule has 0 saturated heterocycles. The van der Waals surface area contributed by atoms with Crippen molar-refractivity contribution in [3.63, 3.8) is 0 Å². The molecule has 1 atom stereocenters. The average Bonchev–Trinajstić information content (AvgIpc) is 3.03. The van der Waals surface area contributed by atoms with Crippen molar-refractivity contribution in [2.24, 2.45) is 0 Å². The highest BCUT2D eigenvalue weighted by Crippen LogP contribution is 2.18. The topological polar surface area (TPSA) is 69.8 Å². The molecule has 3 N–H and O–H groups in total. The summed E-state index contributed by atoms with van der Waals surface area (Å²) in [5.41, 5.74) is 3.29. The van der Waals surface area contributed by atoms with Gasteiger partial charge in [-0.2, -0.15) is 0 Å². The number of aromatic nitrogens is 2. The summed E-state index contributed by atoms with van der Waals surface area (Å²) in [6.07, 6.45) is 5.60. The van der Waals surface area contributed by atoms with Gasteiger partial charge >= 0.3 is 6.03 Å². The number of pyridine rings is 1. The van der Waals surface area contributed by atoms with Gasteiger partial charge in [0.1, 0.15) is 0 Å². The first kappa shape index (κ1) is 16.1. The first-order chi connectivity index (χ1) is 11.7. The van der Waals surface area contributed by atoms with E-state index in [0.717, 1.165) is 24.1 Å². The van der Waals surface area contributed by atoms with Gasteiger partial charge in [0.15, 0.2) is 0 Å². The molecular weight excluding hydrogens is 300 g/mol. The first-order valence-corrected chi connectivity index (χ1v) is 8.24. The van der Waals surface area contributed by atoms with E-state index in [4.69, 9.17) is 0 Å². The van der Waals surface area contributed by atoms with Crippen LogP contribution in [-0.2, 0) is 6.42 Å². The maximum atomic E-state index is 11.9. The molecule has 24 heavy (non-hydrogen) atoms. The molecule has 0 fully saturated rings. The number of urea groups is 1. The van der Waals surface area contributed by atoms with Crippen LogP contribution in [0.1, 0.15) is 30.6 Å². The Hall–Kier alpha value is -2.82. The van der Waals surface area contributed by atoms with Gasteiger partial charge in [-0.1, -0.05) is 24.3 Å². The van der Waals surface area contributed by atoms with E-state index < -0.39 is 0 Å². The third-order valence-electron chi connectivity index (χ3n) is 4.06. The number of carbonyl (C=O) groups excluding carboxylic acids is 1. The van der Waals surface area contributed by atoms with E-state index in [1.54, 1.807) is 6.20 Å². The zero-order chi connectivity index (χ0) is 16.8. The number of fused-ring (bicyclic) bond motifs is 1. The van der Waals surface area contributed by atoms with Crippen molar-refractivity contribution in [3.05, 3.63) is 66.1 Å². The number of H-pyrrole nitrogens is 1. The molecule has 1 aromatic carbocycles. The maximum absolute atomic E-state index is 11.9. The molecule has 124 valence electrons. The van der Waals surface area contributed by atoms with E-state index in [-0.39, 0.29) is 12.1 Å². The van der Waals surface area contributed by atoms with Crippen molar-refractivity contribution >= 4 is 16.9 Å². The second-order valence-corrected chi connectivity index (χ2v) is 5.84. The molecule has 3 rings (SSSR count). The minimum absolute atomic E-state index is 0.111. The minimum atomic E-state index is -0.160. The Morgan fingerprint density at radius 1 is 1.21 bits per heavy atom. The van der Waals surface area contributed by atoms with Gasteiger partial charge in [-0.25, -0.2) is 4.79 Å². The lowest BCUT2D eigenvalue weighted by Gasteiger charge is -2.14. The molecule has 0 saturated carbocycles. The largest absolute Gasteiger partial charge is 0.361 e. The number of hydrogen-bond donors (Lipinski definition) is 3. The van der Waals surface area contributed by atoms with Crippen molar-refractivity contribution in [1.82, 2.24) is 20.6 Å². The van der Waals surface area contributed by atoms with Crippen LogP contribution in [-0.4, -0.2) is 22.5 Å². The fraction of sp³-hybridized carbons (Fsp3) is 0.263. The lowest BCUT2D eigenvalue weighted by Crippen LogP contribution is -2.37. The van der Waals surface area contributed by atoms with Crippen molar-refractivity contribution in [2.75, 3.05) is 6.54 Å². The second-order valence-electron chi connectivity index (χ2n) is 5.84. The zero-order valence-electron chi connectivity index (χ0n) is 13.8. The zero-order valence-corrected chi connectivity index (χ0v) is 13.8. The van der Waals surface area contributed by atoms with Crippen LogP contribution in [0.4, 0.5) is 4.79 Å². The normalized spacial score (nSPS) is 12.0. The molecule has 0 bridgehead atoms. The van der Waals surface area contributed by atoms with Crippen LogP contribution >= 0.6 is 0 Å². The van der Waals surface area contributed by atoms with E-state index in [2.05, 4.69) is 32.7 Å². The summed E-state index contributed by atoms with van der Waals surface area (Å²) < 4.78 is 0. The van der Waals surface area contributed by atoms with Gasteiger partial charge in [0.2, 0.25) is 0 Å². The Balaban J connectivity index is 1.42. The highest BCUT2D eigenvalue weighted by Gasteiger charge is 2.09. The summed E-state index contributed by atoms with van der Waals surface area (Å²) in [5.74, 6) is 0. The lowest BCUT2D eigenvalue weighted by molar-refractivity contribution is 0.237. The van der Waals surface area contributed by atoms with E-state index in [1.807, 2.05) is 43.5 Å². The predicted molar refractivity (Wildman–Crippen MR) is 95.8 cm³/mol. The Kier molecular flexibility index (Phi) is 5.11. The van der Waals surface area contributed by atoms with Crippen LogP contribution < -0.4 is 10.6 Å². The Bertz CT molecular complexity index is 797. The Labute approximate surface area is 141 Å². The molecule has 0 aliphatic rings. The molecule has 0 radical (unpaired) electrons. The van der Waals surface area contributed by atoms with Crippen LogP contribution in [0.2, 0.25) is 0 Å². The highest BCUT2D eigenvalue weighted by atomic mass is 16.2. The Morgan fingerprint density at radius 3 is 2.88 bits per heavy atom. The number of carbonyl (C=O) groups is 1. The van der Waals surface area contributed by atoms with Crippen molar-refractivity contribution in [1.29, 1.82) is 0 Å². The van der Waals surface area contributed by atoms with E-state index >= 15 is 0 Å². The maximum Gasteiger partial charge on any atom is 0.315 e. The smallest absolute Gasteiger partial charge is 0.315 e. The number of aromatic amines is 1. The van der Waals surface area contributed by atoms with Crippen molar-refractivity contribution < 1.29 is 4.79 Å². The lowest BCUT2D eigenvalue weighted by atomic mass is 10.1. The van der Waals surface area contributed by atoms with Gasteiger partial charge in [0.25, 0.3) is 0 Å². The summed E-state index contributed by atoms with van der Waals surface area (Å²) in [6.45, 7) is 2.56. The van der Waals surface area contributed by atoms with E-state index in [1.165, 1.54) is 10.9 Å². The number of nitrogens with zero attached hydrogens (tertiary/aromatic N) is 1. The molecular formula is C19H22N4O. The van der Waals surface area contributed by atoms with Crippen molar-refractivity contribution in [3.8, 4) is 0 Å². The molecule has 2 aromatic heterocycles. The second kappa shape index (κ2) is 7.64. The quantitative estimate of drug-likeness (QED) is 0.607. The number of amides is 2. The van der Waals surface area contributed by atoms with Crippen LogP contribution in [0.25, 0.3) is 10.9 Å². The van der Waals surface area contributed by atoms with Gasteiger partial charge in [0, 0.05) is 29.8 Å². The molecule has 2 heterocycles. The van der Waals surface area contributed by atoms with Crippen LogP contribution in [0.15, 0.2) is 54.9 Å². The number of hydrogen-bond acceptors (Lipinski definition) is 2. The third-order valence-corrected chi connectivity index (χ3v) is 4.06. The summed E-state index contributed by atoms with van der Waals surface area (Å²) in [4.78, 5) is 19.5. The summed E-state index contributed by atoms with van der Waals surface area (Å²) in [7, 11) is 0. The molecule has 0 aliphatic heterocycles. The van der Waals surface area contributed by atoms with Gasteiger partial charge in [-0.3, -0.25) is 4.98 Å². The fourth-order valence-electron chi connectivity index (χ4n) is 2.77. The number of aryl methyl sites for hydroxylation is 1. The van der Waals surface area contributed by atoms with Gasteiger partial charge < -0.3 is 15.6 Å². The average molecular weight is 322 g/mol. The van der Waals surface area contributed by atoms with Gasteiger partial charge in [0.05, 0.1) is 11.7 Å². The molecule has 0 aliphatic carbocycles. The molecule has 5 heteroatoms. The standard InChI is InChI=1S/C19H22N4O/c1-14(17-9-4-5-11-20-17)23-19(24)21-12-6-7-15-13-22-18-10-3-2-8-16(15)18/h2-5,8-11,13-14,22H,6-7,12H2,1H3,(H2,21,23,24)/t14-/m0/s1. The first-order valence-electron chi connectivity index (χ1n) is 8.24.